The lowest BCUT2D eigenvalue weighted by atomic mass is 10.2. The van der Waals surface area contributed by atoms with E-state index in [9.17, 15) is 9.18 Å². The van der Waals surface area contributed by atoms with Crippen LogP contribution >= 0.6 is 0 Å². The summed E-state index contributed by atoms with van der Waals surface area (Å²) >= 11 is 0. The highest BCUT2D eigenvalue weighted by atomic mass is 19.1. The highest BCUT2D eigenvalue weighted by Gasteiger charge is 2.24. The van der Waals surface area contributed by atoms with Gasteiger partial charge >= 0.3 is 0 Å². The maximum Gasteiger partial charge on any atom is 0.237 e. The third-order valence-corrected chi connectivity index (χ3v) is 5.47. The molecule has 2 aromatic rings. The van der Waals surface area contributed by atoms with Gasteiger partial charge in [-0.15, -0.1) is 0 Å². The number of amides is 1. The van der Waals surface area contributed by atoms with Crippen LogP contribution in [-0.2, 0) is 17.9 Å². The van der Waals surface area contributed by atoms with Crippen molar-refractivity contribution in [3.63, 3.8) is 0 Å². The van der Waals surface area contributed by atoms with Crippen LogP contribution in [0.1, 0.15) is 24.5 Å². The Labute approximate surface area is 172 Å². The van der Waals surface area contributed by atoms with Gasteiger partial charge in [-0.2, -0.15) is 0 Å². The molecule has 5 nitrogen and oxygen atoms in total. The maximum atomic E-state index is 13.1. The van der Waals surface area contributed by atoms with Gasteiger partial charge in [0.25, 0.3) is 0 Å². The van der Waals surface area contributed by atoms with Crippen molar-refractivity contribution in [3.8, 4) is 5.75 Å². The molecule has 1 heterocycles. The topological polar surface area (TPSA) is 44.8 Å². The van der Waals surface area contributed by atoms with E-state index in [2.05, 4.69) is 15.1 Å². The number of hydrogen-bond donors (Lipinski definition) is 1. The quantitative estimate of drug-likeness (QED) is 0.777. The number of hydrogen-bond acceptors (Lipinski definition) is 4. The highest BCUT2D eigenvalue weighted by Crippen LogP contribution is 2.14. The molecule has 0 radical (unpaired) electrons. The van der Waals surface area contributed by atoms with Gasteiger partial charge in [-0.3, -0.25) is 14.6 Å². The van der Waals surface area contributed by atoms with Gasteiger partial charge in [-0.25, -0.2) is 4.39 Å². The van der Waals surface area contributed by atoms with E-state index in [1.165, 1.54) is 12.1 Å². The van der Waals surface area contributed by atoms with Crippen molar-refractivity contribution >= 4 is 5.91 Å². The second-order valence-corrected chi connectivity index (χ2v) is 7.54. The van der Waals surface area contributed by atoms with Gasteiger partial charge in [0.2, 0.25) is 5.91 Å². The van der Waals surface area contributed by atoms with Gasteiger partial charge in [-0.05, 0) is 55.3 Å². The summed E-state index contributed by atoms with van der Waals surface area (Å²) in [6, 6.07) is 14.3. The van der Waals surface area contributed by atoms with Crippen LogP contribution in [0.4, 0.5) is 4.39 Å². The Morgan fingerprint density at radius 2 is 1.90 bits per heavy atom. The molecule has 1 saturated heterocycles. The van der Waals surface area contributed by atoms with Crippen LogP contribution < -0.4 is 10.1 Å². The first-order valence-corrected chi connectivity index (χ1v) is 10.2. The first kappa shape index (κ1) is 21.3. The molecular formula is C23H30FN3O2. The molecule has 1 unspecified atom stereocenters. The first-order chi connectivity index (χ1) is 14.0. The lowest BCUT2D eigenvalue weighted by molar-refractivity contribution is -0.126. The van der Waals surface area contributed by atoms with Crippen LogP contribution in [-0.4, -0.2) is 55.0 Å². The Hall–Kier alpha value is -2.44. The van der Waals surface area contributed by atoms with E-state index in [1.807, 2.05) is 43.3 Å². The lowest BCUT2D eigenvalue weighted by Gasteiger charge is -2.27. The zero-order chi connectivity index (χ0) is 20.6. The van der Waals surface area contributed by atoms with E-state index in [0.29, 0.717) is 6.54 Å². The largest absolute Gasteiger partial charge is 0.497 e. The minimum absolute atomic E-state index is 0.0415. The Morgan fingerprint density at radius 1 is 1.10 bits per heavy atom. The fraction of sp³-hybridized carbons (Fsp3) is 0.435. The first-order valence-electron chi connectivity index (χ1n) is 10.2. The fourth-order valence-corrected chi connectivity index (χ4v) is 3.67. The molecule has 0 saturated carbocycles. The number of ether oxygens (including phenoxy) is 1. The molecule has 156 valence electrons. The summed E-state index contributed by atoms with van der Waals surface area (Å²) in [6.07, 6.45) is 1.01. The third-order valence-electron chi connectivity index (χ3n) is 5.47. The van der Waals surface area contributed by atoms with Crippen molar-refractivity contribution in [2.75, 3.05) is 33.3 Å². The summed E-state index contributed by atoms with van der Waals surface area (Å²) in [5, 5.41) is 3.04. The highest BCUT2D eigenvalue weighted by molar-refractivity contribution is 5.81. The number of carbonyl (C=O) groups is 1. The molecule has 0 aromatic heterocycles. The Morgan fingerprint density at radius 3 is 2.66 bits per heavy atom. The van der Waals surface area contributed by atoms with Gasteiger partial charge < -0.3 is 10.1 Å². The van der Waals surface area contributed by atoms with E-state index < -0.39 is 0 Å². The van der Waals surface area contributed by atoms with Crippen molar-refractivity contribution in [1.29, 1.82) is 0 Å². The van der Waals surface area contributed by atoms with Crippen molar-refractivity contribution in [2.24, 2.45) is 0 Å². The summed E-state index contributed by atoms with van der Waals surface area (Å²) in [4.78, 5) is 17.3. The monoisotopic (exact) mass is 399 g/mol. The second-order valence-electron chi connectivity index (χ2n) is 7.54. The molecule has 0 bridgehead atoms. The number of benzene rings is 2. The van der Waals surface area contributed by atoms with Gasteiger partial charge in [0.15, 0.2) is 0 Å². The molecule has 2 aromatic carbocycles. The van der Waals surface area contributed by atoms with Crippen molar-refractivity contribution in [2.45, 2.75) is 32.5 Å². The smallest absolute Gasteiger partial charge is 0.237 e. The Balaban J connectivity index is 1.48. The molecule has 1 aliphatic rings. The molecule has 0 aliphatic carbocycles. The van der Waals surface area contributed by atoms with Crippen LogP contribution in [0, 0.1) is 5.82 Å². The van der Waals surface area contributed by atoms with Crippen molar-refractivity contribution < 1.29 is 13.9 Å². The zero-order valence-electron chi connectivity index (χ0n) is 17.2. The van der Waals surface area contributed by atoms with Crippen molar-refractivity contribution in [3.05, 3.63) is 65.5 Å². The van der Waals surface area contributed by atoms with Gasteiger partial charge in [-0.1, -0.05) is 24.3 Å². The van der Waals surface area contributed by atoms with E-state index in [4.69, 9.17) is 4.74 Å². The van der Waals surface area contributed by atoms with Crippen LogP contribution in [0.25, 0.3) is 0 Å². The average Bonchev–Trinajstić information content (AvgIpc) is 2.99. The maximum absolute atomic E-state index is 13.1. The lowest BCUT2D eigenvalue weighted by Crippen LogP contribution is -2.46. The van der Waals surface area contributed by atoms with Crippen LogP contribution in [0.3, 0.4) is 0 Å². The molecule has 1 amide bonds. The van der Waals surface area contributed by atoms with E-state index >= 15 is 0 Å². The predicted octanol–water partition coefficient (Wildman–Crippen LogP) is 3.05. The molecule has 29 heavy (non-hydrogen) atoms. The molecule has 1 atom stereocenters. The number of carbonyl (C=O) groups excluding carboxylic acids is 1. The molecule has 0 spiro atoms. The normalized spacial score (nSPS) is 16.8. The standard InChI is InChI=1S/C23H30FN3O2/c1-18(23(28)25-16-20-5-3-6-22(15-20)29-2)27-12-4-11-26(13-14-27)17-19-7-9-21(24)10-8-19/h3,5-10,15,18H,4,11-14,16-17H2,1-2H3,(H,25,28). The average molecular weight is 400 g/mol. The summed E-state index contributed by atoms with van der Waals surface area (Å²) in [5.41, 5.74) is 2.13. The molecule has 3 rings (SSSR count). The summed E-state index contributed by atoms with van der Waals surface area (Å²) in [6.45, 7) is 6.88. The van der Waals surface area contributed by atoms with Crippen LogP contribution in [0.5, 0.6) is 5.75 Å². The fourth-order valence-electron chi connectivity index (χ4n) is 3.67. The Bertz CT molecular complexity index is 797. The predicted molar refractivity (Wildman–Crippen MR) is 112 cm³/mol. The molecule has 1 aliphatic heterocycles. The van der Waals surface area contributed by atoms with Gasteiger partial charge in [0, 0.05) is 32.7 Å². The summed E-state index contributed by atoms with van der Waals surface area (Å²) in [7, 11) is 1.64. The molecule has 1 N–H and O–H groups in total. The third kappa shape index (κ3) is 6.27. The number of nitrogens with zero attached hydrogens (tertiary/aromatic N) is 2. The number of methoxy groups -OCH3 is 1. The van der Waals surface area contributed by atoms with Crippen LogP contribution in [0.2, 0.25) is 0 Å². The zero-order valence-corrected chi connectivity index (χ0v) is 17.2. The Kier molecular flexibility index (Phi) is 7.61. The minimum atomic E-state index is -0.204. The van der Waals surface area contributed by atoms with Gasteiger partial charge in [0.1, 0.15) is 11.6 Å². The molecule has 6 heteroatoms. The van der Waals surface area contributed by atoms with Gasteiger partial charge in [0.05, 0.1) is 13.2 Å². The summed E-state index contributed by atoms with van der Waals surface area (Å²) in [5.74, 6) is 0.628. The van der Waals surface area contributed by atoms with Crippen molar-refractivity contribution in [1.82, 2.24) is 15.1 Å². The molecular weight excluding hydrogens is 369 g/mol. The number of halogens is 1. The van der Waals surface area contributed by atoms with E-state index in [0.717, 1.165) is 56.0 Å². The SMILES string of the molecule is COc1cccc(CNC(=O)C(C)N2CCCN(Cc3ccc(F)cc3)CC2)c1. The van der Waals surface area contributed by atoms with Crippen LogP contribution in [0.15, 0.2) is 48.5 Å². The van der Waals surface area contributed by atoms with E-state index in [1.54, 1.807) is 7.11 Å². The van der Waals surface area contributed by atoms with E-state index in [-0.39, 0.29) is 17.8 Å². The minimum Gasteiger partial charge on any atom is -0.497 e. The molecule has 1 fully saturated rings. The number of nitrogens with one attached hydrogen (secondary N) is 1. The summed E-state index contributed by atoms with van der Waals surface area (Å²) < 4.78 is 18.3. The number of rotatable bonds is 7. The second kappa shape index (κ2) is 10.4.